The number of pyridine rings is 1. The van der Waals surface area contributed by atoms with Gasteiger partial charge in [-0.1, -0.05) is 54.0 Å². The van der Waals surface area contributed by atoms with Crippen LogP contribution in [0.15, 0.2) is 48.8 Å². The Labute approximate surface area is 138 Å². The highest BCUT2D eigenvalue weighted by Gasteiger charge is 2.18. The molecule has 0 N–H and O–H groups in total. The maximum atomic E-state index is 12.4. The lowest BCUT2D eigenvalue weighted by atomic mass is 9.98. The van der Waals surface area contributed by atoms with Crippen molar-refractivity contribution in [1.82, 2.24) is 4.98 Å². The molecule has 0 radical (unpaired) electrons. The number of benzene rings is 1. The molecule has 0 aliphatic carbocycles. The van der Waals surface area contributed by atoms with E-state index in [1.54, 1.807) is 12.4 Å². The van der Waals surface area contributed by atoms with Gasteiger partial charge in [-0.3, -0.25) is 9.78 Å². The molecule has 0 fully saturated rings. The lowest BCUT2D eigenvalue weighted by Crippen LogP contribution is -2.07. The van der Waals surface area contributed by atoms with Crippen LogP contribution in [0.2, 0.25) is 0 Å². The third kappa shape index (κ3) is 4.00. The van der Waals surface area contributed by atoms with Crippen molar-refractivity contribution in [2.75, 3.05) is 0 Å². The van der Waals surface area contributed by atoms with Crippen molar-refractivity contribution >= 4 is 38.7 Å². The van der Waals surface area contributed by atoms with Gasteiger partial charge in [-0.2, -0.15) is 0 Å². The zero-order valence-corrected chi connectivity index (χ0v) is 14.7. The van der Waals surface area contributed by atoms with E-state index in [9.17, 15) is 4.79 Å². The first-order valence-corrected chi connectivity index (χ1v) is 7.19. The van der Waals surface area contributed by atoms with Crippen molar-refractivity contribution in [1.29, 1.82) is 0 Å². The van der Waals surface area contributed by atoms with Gasteiger partial charge in [0, 0.05) is 18.0 Å². The van der Waals surface area contributed by atoms with Gasteiger partial charge in [0.2, 0.25) is 0 Å². The third-order valence-electron chi connectivity index (χ3n) is 3.09. The minimum Gasteiger partial charge on any atom is -0.293 e. The maximum Gasteiger partial charge on any atom is 0.180 e. The van der Waals surface area contributed by atoms with E-state index in [-0.39, 0.29) is 27.6 Å². The number of hydrogen-bond donors (Lipinski definition) is 0. The number of alkyl halides is 1. The standard InChI is InChI=1S/C16H16BrNO.BrH/c1-11(2)12-3-5-14(6-4-12)16(19)15(17)13-7-9-18-10-8-13;/h3-11,15H,1-2H3;1H. The van der Waals surface area contributed by atoms with Gasteiger partial charge in [-0.25, -0.2) is 0 Å². The number of halogens is 2. The Morgan fingerprint density at radius 1 is 1.00 bits per heavy atom. The van der Waals surface area contributed by atoms with E-state index < -0.39 is 0 Å². The molecule has 1 aromatic carbocycles. The summed E-state index contributed by atoms with van der Waals surface area (Å²) in [5.74, 6) is 0.547. The van der Waals surface area contributed by atoms with Crippen molar-refractivity contribution in [3.05, 3.63) is 65.5 Å². The number of hydrogen-bond acceptors (Lipinski definition) is 2. The van der Waals surface area contributed by atoms with E-state index in [4.69, 9.17) is 0 Å². The van der Waals surface area contributed by atoms with Crippen molar-refractivity contribution in [3.63, 3.8) is 0 Å². The number of rotatable bonds is 4. The Morgan fingerprint density at radius 3 is 2.05 bits per heavy atom. The first-order chi connectivity index (χ1) is 9.09. The molecule has 0 bridgehead atoms. The van der Waals surface area contributed by atoms with Crippen LogP contribution >= 0.6 is 32.9 Å². The van der Waals surface area contributed by atoms with Crippen LogP contribution in [0.4, 0.5) is 0 Å². The average molecular weight is 399 g/mol. The first-order valence-electron chi connectivity index (χ1n) is 6.27. The van der Waals surface area contributed by atoms with E-state index in [1.165, 1.54) is 5.56 Å². The van der Waals surface area contributed by atoms with Gasteiger partial charge < -0.3 is 0 Å². The van der Waals surface area contributed by atoms with Crippen LogP contribution in [0.3, 0.4) is 0 Å². The molecule has 0 amide bonds. The molecule has 1 unspecified atom stereocenters. The highest BCUT2D eigenvalue weighted by Crippen LogP contribution is 2.27. The number of ketones is 1. The Hall–Kier alpha value is -1.00. The van der Waals surface area contributed by atoms with Crippen LogP contribution in [0.1, 0.15) is 46.1 Å². The number of nitrogens with zero attached hydrogens (tertiary/aromatic N) is 1. The van der Waals surface area contributed by atoms with Crippen molar-refractivity contribution in [3.8, 4) is 0 Å². The number of carbonyl (C=O) groups excluding carboxylic acids is 1. The summed E-state index contributed by atoms with van der Waals surface area (Å²) in [6, 6.07) is 11.5. The second-order valence-electron chi connectivity index (χ2n) is 4.78. The Kier molecular flexibility index (Phi) is 6.56. The van der Waals surface area contributed by atoms with E-state index >= 15 is 0 Å². The summed E-state index contributed by atoms with van der Waals surface area (Å²) >= 11 is 3.46. The highest BCUT2D eigenvalue weighted by atomic mass is 79.9. The topological polar surface area (TPSA) is 30.0 Å². The molecule has 4 heteroatoms. The smallest absolute Gasteiger partial charge is 0.180 e. The van der Waals surface area contributed by atoms with Crippen LogP contribution in [0.25, 0.3) is 0 Å². The van der Waals surface area contributed by atoms with E-state index in [2.05, 4.69) is 34.8 Å². The van der Waals surface area contributed by atoms with Gasteiger partial charge >= 0.3 is 0 Å². The molecule has 2 nitrogen and oxygen atoms in total. The molecule has 0 spiro atoms. The van der Waals surface area contributed by atoms with E-state index in [1.807, 2.05) is 36.4 Å². The molecular formula is C16H17Br2NO. The second kappa shape index (κ2) is 7.70. The summed E-state index contributed by atoms with van der Waals surface area (Å²) < 4.78 is 0. The average Bonchev–Trinajstić information content (AvgIpc) is 2.46. The third-order valence-corrected chi connectivity index (χ3v) is 4.04. The molecule has 1 heterocycles. The van der Waals surface area contributed by atoms with Crippen LogP contribution in [0.5, 0.6) is 0 Å². The van der Waals surface area contributed by atoms with Gasteiger partial charge in [0.15, 0.2) is 5.78 Å². The van der Waals surface area contributed by atoms with Crippen LogP contribution in [0, 0.1) is 0 Å². The zero-order chi connectivity index (χ0) is 13.8. The van der Waals surface area contributed by atoms with E-state index in [0.717, 1.165) is 11.1 Å². The summed E-state index contributed by atoms with van der Waals surface area (Å²) in [5, 5.41) is 0. The van der Waals surface area contributed by atoms with Crippen LogP contribution in [-0.4, -0.2) is 10.8 Å². The van der Waals surface area contributed by atoms with Crippen LogP contribution in [-0.2, 0) is 0 Å². The molecule has 1 aromatic heterocycles. The highest BCUT2D eigenvalue weighted by molar-refractivity contribution is 9.09. The van der Waals surface area contributed by atoms with Gasteiger partial charge in [0.25, 0.3) is 0 Å². The number of carbonyl (C=O) groups is 1. The maximum absolute atomic E-state index is 12.4. The molecule has 106 valence electrons. The van der Waals surface area contributed by atoms with Crippen LogP contribution < -0.4 is 0 Å². The summed E-state index contributed by atoms with van der Waals surface area (Å²) in [6.07, 6.45) is 3.39. The molecule has 0 saturated carbocycles. The number of Topliss-reactive ketones (excluding diaryl/α,β-unsaturated/α-hetero) is 1. The van der Waals surface area contributed by atoms with Crippen molar-refractivity contribution in [2.45, 2.75) is 24.6 Å². The molecular weight excluding hydrogens is 382 g/mol. The number of aromatic nitrogens is 1. The largest absolute Gasteiger partial charge is 0.293 e. The molecule has 2 aromatic rings. The lowest BCUT2D eigenvalue weighted by Gasteiger charge is -2.10. The summed E-state index contributed by atoms with van der Waals surface area (Å²) in [4.78, 5) is 16.0. The summed E-state index contributed by atoms with van der Waals surface area (Å²) in [5.41, 5.74) is 2.89. The zero-order valence-electron chi connectivity index (χ0n) is 11.4. The van der Waals surface area contributed by atoms with Gasteiger partial charge in [-0.15, -0.1) is 17.0 Å². The molecule has 20 heavy (non-hydrogen) atoms. The molecule has 0 saturated heterocycles. The molecule has 2 rings (SSSR count). The fourth-order valence-electron chi connectivity index (χ4n) is 1.86. The monoisotopic (exact) mass is 397 g/mol. The Bertz CT molecular complexity index is 552. The van der Waals surface area contributed by atoms with E-state index in [0.29, 0.717) is 5.92 Å². The molecule has 0 aliphatic rings. The Morgan fingerprint density at radius 2 is 1.55 bits per heavy atom. The second-order valence-corrected chi connectivity index (χ2v) is 5.70. The normalized spacial score (nSPS) is 11.8. The van der Waals surface area contributed by atoms with Crippen molar-refractivity contribution in [2.24, 2.45) is 0 Å². The summed E-state index contributed by atoms with van der Waals surface area (Å²) in [7, 11) is 0. The van der Waals surface area contributed by atoms with Gasteiger partial charge in [-0.05, 0) is 29.2 Å². The predicted octanol–water partition coefficient (Wildman–Crippen LogP) is 5.10. The quantitative estimate of drug-likeness (QED) is 0.529. The van der Waals surface area contributed by atoms with Gasteiger partial charge in [0.1, 0.15) is 4.83 Å². The van der Waals surface area contributed by atoms with Gasteiger partial charge in [0.05, 0.1) is 0 Å². The molecule has 0 aliphatic heterocycles. The predicted molar refractivity (Wildman–Crippen MR) is 91.1 cm³/mol. The molecule has 1 atom stereocenters. The summed E-state index contributed by atoms with van der Waals surface area (Å²) in [6.45, 7) is 4.28. The first kappa shape index (κ1) is 17.1. The lowest BCUT2D eigenvalue weighted by molar-refractivity contribution is 0.0991. The fraction of sp³-hybridized carbons (Fsp3) is 0.250. The minimum atomic E-state index is -0.319. The Balaban J connectivity index is 0.00000200. The van der Waals surface area contributed by atoms with Crippen molar-refractivity contribution < 1.29 is 4.79 Å². The SMILES string of the molecule is Br.CC(C)c1ccc(C(=O)C(Br)c2ccncc2)cc1. The minimum absolute atomic E-state index is 0. The fourth-order valence-corrected chi connectivity index (χ4v) is 2.43.